The van der Waals surface area contributed by atoms with Crippen molar-refractivity contribution in [1.29, 1.82) is 0 Å². The van der Waals surface area contributed by atoms with Crippen molar-refractivity contribution in [2.24, 2.45) is 0 Å². The van der Waals surface area contributed by atoms with Gasteiger partial charge in [0.25, 0.3) is 0 Å². The lowest BCUT2D eigenvalue weighted by Crippen LogP contribution is -2.40. The standard InChI is InChI=1S/C17H19ClN6O/c1-23-6-2-3-12(9-23)20-17-22-21-16(14-8-19-10-24(14)17)13-5-4-11(18)7-15(13)25/h4-5,7-8,10,12,25H,2-3,6,9H2,1H3,(H,20,22)/t12-/m1/s1. The van der Waals surface area contributed by atoms with Crippen LogP contribution < -0.4 is 5.32 Å². The Labute approximate surface area is 150 Å². The second-order valence-electron chi connectivity index (χ2n) is 6.43. The maximum atomic E-state index is 10.2. The second-order valence-corrected chi connectivity index (χ2v) is 6.86. The van der Waals surface area contributed by atoms with Gasteiger partial charge in [-0.1, -0.05) is 11.6 Å². The predicted octanol–water partition coefficient (Wildman–Crippen LogP) is 2.66. The van der Waals surface area contributed by atoms with E-state index in [9.17, 15) is 5.11 Å². The number of likely N-dealkylation sites (tertiary alicyclic amines) is 1. The summed E-state index contributed by atoms with van der Waals surface area (Å²) in [6.07, 6.45) is 5.68. The minimum Gasteiger partial charge on any atom is -0.507 e. The summed E-state index contributed by atoms with van der Waals surface area (Å²) in [5, 5.41) is 22.8. The summed E-state index contributed by atoms with van der Waals surface area (Å²) in [4.78, 5) is 6.53. The smallest absolute Gasteiger partial charge is 0.229 e. The SMILES string of the molecule is CN1CCC[C@@H](Nc2nnc(-c3ccc(Cl)cc3O)c3cncn23)C1. The van der Waals surface area contributed by atoms with E-state index >= 15 is 0 Å². The summed E-state index contributed by atoms with van der Waals surface area (Å²) in [6.45, 7) is 2.09. The highest BCUT2D eigenvalue weighted by Crippen LogP contribution is 2.33. The molecule has 3 heterocycles. The number of hydrogen-bond donors (Lipinski definition) is 2. The molecule has 4 rings (SSSR count). The second kappa shape index (κ2) is 6.50. The molecule has 1 aromatic carbocycles. The van der Waals surface area contributed by atoms with Crippen molar-refractivity contribution in [2.75, 3.05) is 25.5 Å². The number of benzene rings is 1. The summed E-state index contributed by atoms with van der Waals surface area (Å²) in [5.74, 6) is 0.726. The lowest BCUT2D eigenvalue weighted by atomic mass is 10.1. The number of rotatable bonds is 3. The largest absolute Gasteiger partial charge is 0.507 e. The topological polar surface area (TPSA) is 78.6 Å². The lowest BCUT2D eigenvalue weighted by molar-refractivity contribution is 0.260. The van der Waals surface area contributed by atoms with Crippen molar-refractivity contribution in [2.45, 2.75) is 18.9 Å². The van der Waals surface area contributed by atoms with E-state index in [0.717, 1.165) is 31.4 Å². The molecule has 0 saturated carbocycles. The van der Waals surface area contributed by atoms with Gasteiger partial charge in [0, 0.05) is 23.2 Å². The monoisotopic (exact) mass is 358 g/mol. The molecule has 2 aromatic heterocycles. The molecule has 25 heavy (non-hydrogen) atoms. The van der Waals surface area contributed by atoms with E-state index in [1.54, 1.807) is 24.7 Å². The molecule has 3 aromatic rings. The number of nitrogens with one attached hydrogen (secondary N) is 1. The number of nitrogens with zero attached hydrogens (tertiary/aromatic N) is 5. The van der Waals surface area contributed by atoms with Gasteiger partial charge >= 0.3 is 0 Å². The van der Waals surface area contributed by atoms with Crippen molar-refractivity contribution in [3.8, 4) is 17.0 Å². The van der Waals surface area contributed by atoms with Crippen LogP contribution in [-0.4, -0.2) is 55.8 Å². The minimum atomic E-state index is 0.0690. The summed E-state index contributed by atoms with van der Waals surface area (Å²) >= 11 is 5.92. The fraction of sp³-hybridized carbons (Fsp3) is 0.353. The molecule has 7 nitrogen and oxygen atoms in total. The van der Waals surface area contributed by atoms with Crippen LogP contribution in [0.15, 0.2) is 30.7 Å². The van der Waals surface area contributed by atoms with Gasteiger partial charge < -0.3 is 15.3 Å². The third-order valence-corrected chi connectivity index (χ3v) is 4.76. The van der Waals surface area contributed by atoms with Crippen molar-refractivity contribution >= 4 is 23.1 Å². The van der Waals surface area contributed by atoms with E-state index in [-0.39, 0.29) is 5.75 Å². The van der Waals surface area contributed by atoms with Gasteiger partial charge in [0.2, 0.25) is 5.95 Å². The molecule has 0 unspecified atom stereocenters. The molecule has 0 amide bonds. The third kappa shape index (κ3) is 3.12. The number of anilines is 1. The van der Waals surface area contributed by atoms with Crippen molar-refractivity contribution < 1.29 is 5.11 Å². The van der Waals surface area contributed by atoms with Gasteiger partial charge in [-0.3, -0.25) is 4.40 Å². The number of likely N-dealkylation sites (N-methyl/N-ethyl adjacent to an activating group) is 1. The first-order chi connectivity index (χ1) is 12.1. The zero-order chi connectivity index (χ0) is 17.4. The molecule has 1 aliphatic heterocycles. The Kier molecular flexibility index (Phi) is 4.19. The highest BCUT2D eigenvalue weighted by atomic mass is 35.5. The van der Waals surface area contributed by atoms with E-state index in [4.69, 9.17) is 11.6 Å². The first-order valence-corrected chi connectivity index (χ1v) is 8.62. The van der Waals surface area contributed by atoms with Crippen molar-refractivity contribution in [3.05, 3.63) is 35.7 Å². The Morgan fingerprint density at radius 3 is 3.00 bits per heavy atom. The molecule has 8 heteroatoms. The molecule has 2 N–H and O–H groups in total. The maximum Gasteiger partial charge on any atom is 0.229 e. The molecule has 0 spiro atoms. The highest BCUT2D eigenvalue weighted by Gasteiger charge is 2.20. The average molecular weight is 359 g/mol. The first-order valence-electron chi connectivity index (χ1n) is 8.24. The van der Waals surface area contributed by atoms with Crippen LogP contribution in [-0.2, 0) is 0 Å². The number of phenols is 1. The molecule has 1 aliphatic rings. The quantitative estimate of drug-likeness (QED) is 0.749. The fourth-order valence-electron chi connectivity index (χ4n) is 3.30. The zero-order valence-corrected chi connectivity index (χ0v) is 14.6. The van der Waals surface area contributed by atoms with Crippen LogP contribution in [0, 0.1) is 0 Å². The summed E-state index contributed by atoms with van der Waals surface area (Å²) < 4.78 is 1.87. The number of aromatic hydroxyl groups is 1. The average Bonchev–Trinajstić information content (AvgIpc) is 3.06. The number of hydrogen-bond acceptors (Lipinski definition) is 6. The molecule has 0 bridgehead atoms. The Bertz CT molecular complexity index is 911. The maximum absolute atomic E-state index is 10.2. The van der Waals surface area contributed by atoms with Crippen LogP contribution >= 0.6 is 11.6 Å². The van der Waals surface area contributed by atoms with Gasteiger partial charge in [0.15, 0.2) is 0 Å². The molecule has 1 atom stereocenters. The van der Waals surface area contributed by atoms with Gasteiger partial charge in [0.1, 0.15) is 17.8 Å². The normalized spacial score (nSPS) is 18.6. The van der Waals surface area contributed by atoms with E-state index < -0.39 is 0 Å². The molecule has 1 saturated heterocycles. The zero-order valence-electron chi connectivity index (χ0n) is 13.9. The number of aromatic nitrogens is 4. The predicted molar refractivity (Wildman–Crippen MR) is 97.0 cm³/mol. The van der Waals surface area contributed by atoms with Gasteiger partial charge in [0.05, 0.1) is 11.7 Å². The van der Waals surface area contributed by atoms with E-state index in [1.807, 2.05) is 4.40 Å². The number of imidazole rings is 1. The van der Waals surface area contributed by atoms with E-state index in [0.29, 0.717) is 28.3 Å². The van der Waals surface area contributed by atoms with Gasteiger partial charge in [-0.2, -0.15) is 0 Å². The van der Waals surface area contributed by atoms with Crippen LogP contribution in [0.25, 0.3) is 16.8 Å². The van der Waals surface area contributed by atoms with E-state index in [1.165, 1.54) is 6.07 Å². The number of phenolic OH excluding ortho intramolecular Hbond substituents is 1. The summed E-state index contributed by atoms with van der Waals surface area (Å²) in [7, 11) is 2.12. The first kappa shape index (κ1) is 16.1. The molecule has 0 radical (unpaired) electrons. The molecular weight excluding hydrogens is 340 g/mol. The third-order valence-electron chi connectivity index (χ3n) is 4.53. The van der Waals surface area contributed by atoms with E-state index in [2.05, 4.69) is 32.4 Å². The van der Waals surface area contributed by atoms with Gasteiger partial charge in [-0.15, -0.1) is 10.2 Å². The number of piperidine rings is 1. The van der Waals surface area contributed by atoms with Crippen molar-refractivity contribution in [1.82, 2.24) is 24.5 Å². The van der Waals surface area contributed by atoms with Crippen LogP contribution in [0.5, 0.6) is 5.75 Å². The Balaban J connectivity index is 1.71. The minimum absolute atomic E-state index is 0.0690. The van der Waals surface area contributed by atoms with Crippen LogP contribution in [0.3, 0.4) is 0 Å². The van der Waals surface area contributed by atoms with Crippen LogP contribution in [0.1, 0.15) is 12.8 Å². The Morgan fingerprint density at radius 1 is 1.32 bits per heavy atom. The Hall–Kier alpha value is -2.38. The Morgan fingerprint density at radius 2 is 2.20 bits per heavy atom. The van der Waals surface area contributed by atoms with Crippen LogP contribution in [0.4, 0.5) is 5.95 Å². The molecular formula is C17H19ClN6O. The summed E-state index contributed by atoms with van der Waals surface area (Å²) in [5.41, 5.74) is 1.92. The number of fused-ring (bicyclic) bond motifs is 1. The highest BCUT2D eigenvalue weighted by molar-refractivity contribution is 6.30. The molecule has 1 fully saturated rings. The summed E-state index contributed by atoms with van der Waals surface area (Å²) in [6, 6.07) is 5.27. The lowest BCUT2D eigenvalue weighted by Gasteiger charge is -2.30. The number of halogens is 1. The molecule has 0 aliphatic carbocycles. The fourth-order valence-corrected chi connectivity index (χ4v) is 3.46. The van der Waals surface area contributed by atoms with Crippen molar-refractivity contribution in [3.63, 3.8) is 0 Å². The van der Waals surface area contributed by atoms with Gasteiger partial charge in [-0.05, 0) is 44.6 Å². The van der Waals surface area contributed by atoms with Gasteiger partial charge in [-0.25, -0.2) is 4.98 Å². The molecule has 130 valence electrons. The van der Waals surface area contributed by atoms with Crippen LogP contribution in [0.2, 0.25) is 5.02 Å².